The summed E-state index contributed by atoms with van der Waals surface area (Å²) < 4.78 is 51.9. The van der Waals surface area contributed by atoms with E-state index in [4.69, 9.17) is 11.6 Å². The minimum atomic E-state index is -4.29. The fourth-order valence-corrected chi connectivity index (χ4v) is 3.68. The number of nitrogens with zero attached hydrogens (tertiary/aromatic N) is 1. The molecule has 0 fully saturated rings. The summed E-state index contributed by atoms with van der Waals surface area (Å²) in [7, 11) is 1.62. The highest BCUT2D eigenvalue weighted by atomic mass is 35.5. The maximum atomic E-state index is 14.1. The zero-order chi connectivity index (χ0) is 17.9. The van der Waals surface area contributed by atoms with Crippen LogP contribution in [-0.2, 0) is 0 Å². The number of alkyl halides is 3. The number of nitrogens with one attached hydrogen (secondary N) is 1. The quantitative estimate of drug-likeness (QED) is 0.305. The molecule has 1 aromatic heterocycles. The van der Waals surface area contributed by atoms with E-state index >= 15 is 0 Å². The van der Waals surface area contributed by atoms with E-state index in [1.165, 1.54) is 23.5 Å². The molecule has 9 heteroatoms. The Kier molecular flexibility index (Phi) is 6.17. The Hall–Kier alpha value is -1.25. The van der Waals surface area contributed by atoms with Crippen LogP contribution in [0.5, 0.6) is 0 Å². The normalized spacial score (nSPS) is 12.5. The number of amidine groups is 1. The van der Waals surface area contributed by atoms with Gasteiger partial charge < -0.3 is 5.32 Å². The van der Waals surface area contributed by atoms with Gasteiger partial charge in [-0.25, -0.2) is 9.38 Å². The van der Waals surface area contributed by atoms with E-state index in [-0.39, 0.29) is 5.69 Å². The first-order valence-corrected chi connectivity index (χ1v) is 8.89. The molecule has 0 aliphatic carbocycles. The summed E-state index contributed by atoms with van der Waals surface area (Å²) in [6.45, 7) is 1.56. The van der Waals surface area contributed by atoms with Crippen LogP contribution in [0.15, 0.2) is 34.2 Å². The summed E-state index contributed by atoms with van der Waals surface area (Å²) in [5.41, 5.74) is 0.407. The monoisotopic (exact) mass is 396 g/mol. The molecule has 2 aromatic rings. The first-order valence-electron chi connectivity index (χ1n) is 6.71. The van der Waals surface area contributed by atoms with Gasteiger partial charge in [0, 0.05) is 11.9 Å². The van der Waals surface area contributed by atoms with Crippen molar-refractivity contribution in [2.45, 2.75) is 18.0 Å². The van der Waals surface area contributed by atoms with Crippen molar-refractivity contribution in [2.75, 3.05) is 12.8 Å². The number of rotatable bonds is 4. The average Bonchev–Trinajstić information content (AvgIpc) is 2.91. The molecule has 0 amide bonds. The minimum Gasteiger partial charge on any atom is -0.372 e. The first kappa shape index (κ1) is 19.1. The second kappa shape index (κ2) is 7.76. The van der Waals surface area contributed by atoms with Crippen molar-refractivity contribution in [1.29, 1.82) is 0 Å². The van der Waals surface area contributed by atoms with Gasteiger partial charge in [-0.2, -0.15) is 13.2 Å². The first-order chi connectivity index (χ1) is 11.2. The molecule has 2 nitrogen and oxygen atoms in total. The summed E-state index contributed by atoms with van der Waals surface area (Å²) in [5.74, 6) is -1.25. The fourth-order valence-electron chi connectivity index (χ4n) is 1.84. The number of halogens is 5. The largest absolute Gasteiger partial charge is 0.398 e. The van der Waals surface area contributed by atoms with Crippen LogP contribution in [0, 0.1) is 12.7 Å². The number of benzene rings is 1. The van der Waals surface area contributed by atoms with Crippen molar-refractivity contribution >= 4 is 46.2 Å². The van der Waals surface area contributed by atoms with E-state index in [1.807, 2.05) is 0 Å². The highest BCUT2D eigenvalue weighted by Gasteiger charge is 2.27. The molecule has 1 N–H and O–H groups in total. The third-order valence-electron chi connectivity index (χ3n) is 2.91. The van der Waals surface area contributed by atoms with Crippen molar-refractivity contribution in [3.05, 3.63) is 44.9 Å². The van der Waals surface area contributed by atoms with Gasteiger partial charge in [0.1, 0.15) is 17.3 Å². The van der Waals surface area contributed by atoms with Crippen LogP contribution in [0.4, 0.5) is 23.2 Å². The molecule has 0 radical (unpaired) electrons. The van der Waals surface area contributed by atoms with Crippen LogP contribution >= 0.6 is 34.7 Å². The molecule has 1 aromatic carbocycles. The lowest BCUT2D eigenvalue weighted by atomic mass is 10.2. The van der Waals surface area contributed by atoms with Gasteiger partial charge in [-0.3, -0.25) is 0 Å². The Labute approximate surface area is 149 Å². The van der Waals surface area contributed by atoms with Crippen molar-refractivity contribution in [2.24, 2.45) is 4.99 Å². The topological polar surface area (TPSA) is 24.4 Å². The second-order valence-electron chi connectivity index (χ2n) is 4.79. The van der Waals surface area contributed by atoms with Crippen molar-refractivity contribution in [3.63, 3.8) is 0 Å². The van der Waals surface area contributed by atoms with E-state index < -0.39 is 17.7 Å². The molecular weight excluding hydrogens is 384 g/mol. The van der Waals surface area contributed by atoms with E-state index in [0.717, 1.165) is 0 Å². The van der Waals surface area contributed by atoms with E-state index in [9.17, 15) is 17.6 Å². The van der Waals surface area contributed by atoms with Gasteiger partial charge in [-0.15, -0.1) is 23.1 Å². The average molecular weight is 397 g/mol. The summed E-state index contributed by atoms with van der Waals surface area (Å²) in [4.78, 5) is 5.23. The minimum absolute atomic E-state index is 0.0286. The zero-order valence-corrected chi connectivity index (χ0v) is 15.1. The van der Waals surface area contributed by atoms with Crippen LogP contribution in [-0.4, -0.2) is 24.8 Å². The Morgan fingerprint density at radius 1 is 1.33 bits per heavy atom. The molecule has 1 heterocycles. The van der Waals surface area contributed by atoms with E-state index in [1.54, 1.807) is 26.1 Å². The molecule has 2 rings (SSSR count). The molecule has 0 bridgehead atoms. The lowest BCUT2D eigenvalue weighted by Gasteiger charge is -2.10. The molecule has 0 spiro atoms. The molecular formula is C15H13ClF4N2S2. The second-order valence-corrected chi connectivity index (χ2v) is 7.52. The van der Waals surface area contributed by atoms with Crippen LogP contribution < -0.4 is 5.32 Å². The van der Waals surface area contributed by atoms with Crippen LogP contribution in [0.25, 0.3) is 0 Å². The molecule has 0 aliphatic rings. The zero-order valence-electron chi connectivity index (χ0n) is 12.7. The molecule has 0 saturated carbocycles. The standard InChI is InChI=1S/C15H13ClF4N2S2/c1-8-5-9(17)10(6-12(8)23-7-15(18,19)20)22-14(21-2)11-3-4-13(16)24-11/h3-6H,7H2,1-2H3,(H,21,22). The number of thioether (sulfide) groups is 1. The van der Waals surface area contributed by atoms with Gasteiger partial charge in [-0.05, 0) is 36.8 Å². The lowest BCUT2D eigenvalue weighted by molar-refractivity contribution is -0.105. The fraction of sp³-hybridized carbons (Fsp3) is 0.267. The Bertz CT molecular complexity index is 756. The number of hydrogen-bond acceptors (Lipinski definition) is 3. The molecule has 0 aliphatic heterocycles. The van der Waals surface area contributed by atoms with Gasteiger partial charge in [0.25, 0.3) is 0 Å². The van der Waals surface area contributed by atoms with Gasteiger partial charge in [0.15, 0.2) is 0 Å². The Balaban J connectivity index is 2.36. The SMILES string of the molecule is CN/C(=N/c1cc(SCC(F)(F)F)c(C)cc1F)c1ccc(Cl)s1. The summed E-state index contributed by atoms with van der Waals surface area (Å²) in [6, 6.07) is 5.93. The maximum absolute atomic E-state index is 14.1. The predicted octanol–water partition coefficient (Wildman–Crippen LogP) is 5.80. The molecule has 24 heavy (non-hydrogen) atoms. The van der Waals surface area contributed by atoms with Crippen LogP contribution in [0.2, 0.25) is 4.34 Å². The Morgan fingerprint density at radius 2 is 2.04 bits per heavy atom. The highest BCUT2D eigenvalue weighted by molar-refractivity contribution is 7.99. The van der Waals surface area contributed by atoms with Gasteiger partial charge in [0.05, 0.1) is 15.0 Å². The van der Waals surface area contributed by atoms with E-state index in [0.29, 0.717) is 37.3 Å². The number of hydrogen-bond donors (Lipinski definition) is 1. The predicted molar refractivity (Wildman–Crippen MR) is 92.5 cm³/mol. The number of thiophene rings is 1. The third kappa shape index (κ3) is 5.12. The molecule has 0 unspecified atom stereocenters. The van der Waals surface area contributed by atoms with Crippen LogP contribution in [0.3, 0.4) is 0 Å². The number of aryl methyl sites for hydroxylation is 1. The van der Waals surface area contributed by atoms with Gasteiger partial charge in [-0.1, -0.05) is 11.6 Å². The van der Waals surface area contributed by atoms with Crippen molar-refractivity contribution < 1.29 is 17.6 Å². The smallest absolute Gasteiger partial charge is 0.372 e. The third-order valence-corrected chi connectivity index (χ3v) is 5.37. The Morgan fingerprint density at radius 3 is 2.58 bits per heavy atom. The molecule has 130 valence electrons. The molecule has 0 atom stereocenters. The maximum Gasteiger partial charge on any atom is 0.398 e. The number of aliphatic imine (C=N–C) groups is 1. The highest BCUT2D eigenvalue weighted by Crippen LogP contribution is 2.34. The summed E-state index contributed by atoms with van der Waals surface area (Å²) >= 11 is 7.75. The molecule has 0 saturated heterocycles. The van der Waals surface area contributed by atoms with Gasteiger partial charge in [0.2, 0.25) is 0 Å². The summed E-state index contributed by atoms with van der Waals surface area (Å²) in [6.07, 6.45) is -4.29. The lowest BCUT2D eigenvalue weighted by Crippen LogP contribution is -2.17. The van der Waals surface area contributed by atoms with Crippen molar-refractivity contribution in [3.8, 4) is 0 Å². The van der Waals surface area contributed by atoms with Crippen LogP contribution in [0.1, 0.15) is 10.4 Å². The summed E-state index contributed by atoms with van der Waals surface area (Å²) in [5, 5.41) is 2.85. The van der Waals surface area contributed by atoms with Crippen molar-refractivity contribution in [1.82, 2.24) is 5.32 Å². The van der Waals surface area contributed by atoms with Gasteiger partial charge >= 0.3 is 6.18 Å². The van der Waals surface area contributed by atoms with E-state index in [2.05, 4.69) is 10.3 Å².